The highest BCUT2D eigenvalue weighted by Crippen LogP contribution is 2.13. The van der Waals surface area contributed by atoms with Gasteiger partial charge in [-0.15, -0.1) is 0 Å². The molecule has 1 atom stereocenters. The van der Waals surface area contributed by atoms with Crippen LogP contribution in [0.4, 0.5) is 0 Å². The van der Waals surface area contributed by atoms with Gasteiger partial charge in [0.05, 0.1) is 12.4 Å². The van der Waals surface area contributed by atoms with Crippen molar-refractivity contribution in [2.24, 2.45) is 0 Å². The maximum absolute atomic E-state index is 9.88. The van der Waals surface area contributed by atoms with Crippen LogP contribution in [0, 0.1) is 0 Å². The number of rotatable bonds is 14. The highest BCUT2D eigenvalue weighted by molar-refractivity contribution is 5.21. The number of ether oxygens (including phenoxy) is 1. The van der Waals surface area contributed by atoms with E-state index in [9.17, 15) is 5.11 Å². The SMILES string of the molecule is CCCCCCCCCCCC[C@H](O)/C=C/Oc1ccccc1. The lowest BCUT2D eigenvalue weighted by Gasteiger charge is -2.06. The molecule has 0 aliphatic rings. The zero-order valence-electron chi connectivity index (χ0n) is 14.8. The van der Waals surface area contributed by atoms with Crippen LogP contribution in [-0.4, -0.2) is 11.2 Å². The minimum Gasteiger partial charge on any atom is -0.465 e. The fourth-order valence-electron chi connectivity index (χ4n) is 2.64. The van der Waals surface area contributed by atoms with E-state index in [1.807, 2.05) is 30.3 Å². The number of para-hydroxylation sites is 1. The van der Waals surface area contributed by atoms with Crippen molar-refractivity contribution in [1.29, 1.82) is 0 Å². The fraction of sp³-hybridized carbons (Fsp3) is 0.619. The largest absolute Gasteiger partial charge is 0.465 e. The lowest BCUT2D eigenvalue weighted by molar-refractivity contribution is 0.205. The summed E-state index contributed by atoms with van der Waals surface area (Å²) in [5.41, 5.74) is 0. The molecule has 0 saturated heterocycles. The number of benzene rings is 1. The number of aliphatic hydroxyl groups excluding tert-OH is 1. The first kappa shape index (κ1) is 19.8. The second-order valence-electron chi connectivity index (χ2n) is 6.30. The highest BCUT2D eigenvalue weighted by Gasteiger charge is 1.99. The van der Waals surface area contributed by atoms with E-state index in [1.165, 1.54) is 57.8 Å². The summed E-state index contributed by atoms with van der Waals surface area (Å²) >= 11 is 0. The van der Waals surface area contributed by atoms with E-state index in [1.54, 1.807) is 12.3 Å². The van der Waals surface area contributed by atoms with Crippen LogP contribution < -0.4 is 4.74 Å². The molecule has 1 rings (SSSR count). The van der Waals surface area contributed by atoms with Crippen molar-refractivity contribution in [3.63, 3.8) is 0 Å². The van der Waals surface area contributed by atoms with Gasteiger partial charge in [-0.2, -0.15) is 0 Å². The van der Waals surface area contributed by atoms with Crippen molar-refractivity contribution >= 4 is 0 Å². The lowest BCUT2D eigenvalue weighted by Crippen LogP contribution is -2.02. The van der Waals surface area contributed by atoms with E-state index in [-0.39, 0.29) is 0 Å². The molecule has 0 heterocycles. The first-order valence-electron chi connectivity index (χ1n) is 9.39. The summed E-state index contributed by atoms with van der Waals surface area (Å²) in [6.07, 6.45) is 17.0. The summed E-state index contributed by atoms with van der Waals surface area (Å²) in [6.45, 7) is 2.26. The van der Waals surface area contributed by atoms with E-state index in [2.05, 4.69) is 6.92 Å². The second-order valence-corrected chi connectivity index (χ2v) is 6.30. The molecule has 0 amide bonds. The first-order chi connectivity index (χ1) is 11.3. The molecule has 0 aliphatic heterocycles. The molecule has 0 fully saturated rings. The molecule has 1 aromatic carbocycles. The van der Waals surface area contributed by atoms with Crippen molar-refractivity contribution in [3.05, 3.63) is 42.7 Å². The summed E-state index contributed by atoms with van der Waals surface area (Å²) in [5.74, 6) is 0.801. The standard InChI is InChI=1S/C21H34O2/c1-2-3-4-5-6-7-8-9-10-12-15-20(22)18-19-23-21-16-13-11-14-17-21/h11,13-14,16-20,22H,2-10,12,15H2,1H3/b19-18+/t20-/m0/s1. The molecule has 0 bridgehead atoms. The van der Waals surface area contributed by atoms with Crippen LogP contribution in [0.5, 0.6) is 5.75 Å². The Kier molecular flexibility index (Phi) is 12.3. The van der Waals surface area contributed by atoms with Crippen LogP contribution >= 0.6 is 0 Å². The predicted molar refractivity (Wildman–Crippen MR) is 98.7 cm³/mol. The van der Waals surface area contributed by atoms with E-state index in [0.29, 0.717) is 0 Å². The molecule has 0 unspecified atom stereocenters. The first-order valence-corrected chi connectivity index (χ1v) is 9.39. The smallest absolute Gasteiger partial charge is 0.126 e. The third-order valence-corrected chi connectivity index (χ3v) is 4.10. The topological polar surface area (TPSA) is 29.5 Å². The number of aliphatic hydroxyl groups is 1. The Hall–Kier alpha value is -1.28. The van der Waals surface area contributed by atoms with E-state index in [0.717, 1.165) is 18.6 Å². The van der Waals surface area contributed by atoms with Gasteiger partial charge < -0.3 is 9.84 Å². The van der Waals surface area contributed by atoms with Crippen LogP contribution in [-0.2, 0) is 0 Å². The van der Waals surface area contributed by atoms with Gasteiger partial charge in [0.1, 0.15) is 5.75 Å². The summed E-state index contributed by atoms with van der Waals surface area (Å²) < 4.78 is 5.44. The molecule has 0 aromatic heterocycles. The van der Waals surface area contributed by atoms with Crippen molar-refractivity contribution in [1.82, 2.24) is 0 Å². The Bertz CT molecular complexity index is 386. The summed E-state index contributed by atoms with van der Waals surface area (Å²) in [6, 6.07) is 9.63. The molecule has 23 heavy (non-hydrogen) atoms. The van der Waals surface area contributed by atoms with Crippen molar-refractivity contribution in [2.75, 3.05) is 0 Å². The molecular weight excluding hydrogens is 284 g/mol. The zero-order chi connectivity index (χ0) is 16.6. The molecular formula is C21H34O2. The van der Waals surface area contributed by atoms with Crippen LogP contribution in [0.15, 0.2) is 42.7 Å². The van der Waals surface area contributed by atoms with E-state index >= 15 is 0 Å². The lowest BCUT2D eigenvalue weighted by atomic mass is 10.0. The van der Waals surface area contributed by atoms with Gasteiger partial charge >= 0.3 is 0 Å². The number of hydrogen-bond acceptors (Lipinski definition) is 2. The number of unbranched alkanes of at least 4 members (excludes halogenated alkanes) is 9. The maximum Gasteiger partial charge on any atom is 0.126 e. The molecule has 0 radical (unpaired) electrons. The zero-order valence-corrected chi connectivity index (χ0v) is 14.8. The molecule has 2 nitrogen and oxygen atoms in total. The van der Waals surface area contributed by atoms with Gasteiger partial charge in [0, 0.05) is 0 Å². The minimum absolute atomic E-state index is 0.396. The van der Waals surface area contributed by atoms with Gasteiger partial charge in [-0.05, 0) is 24.6 Å². The predicted octanol–water partition coefficient (Wildman–Crippen LogP) is 6.25. The van der Waals surface area contributed by atoms with Gasteiger partial charge in [-0.25, -0.2) is 0 Å². The molecule has 2 heteroatoms. The molecule has 0 saturated carbocycles. The Morgan fingerprint density at radius 3 is 2.04 bits per heavy atom. The van der Waals surface area contributed by atoms with Crippen LogP contribution in [0.25, 0.3) is 0 Å². The third kappa shape index (κ3) is 11.9. The van der Waals surface area contributed by atoms with Gasteiger partial charge in [0.15, 0.2) is 0 Å². The quantitative estimate of drug-likeness (QED) is 0.324. The fourth-order valence-corrected chi connectivity index (χ4v) is 2.64. The Balaban J connectivity index is 1.91. The van der Waals surface area contributed by atoms with Crippen molar-refractivity contribution < 1.29 is 9.84 Å². The van der Waals surface area contributed by atoms with Crippen LogP contribution in [0.2, 0.25) is 0 Å². The third-order valence-electron chi connectivity index (χ3n) is 4.10. The molecule has 0 spiro atoms. The van der Waals surface area contributed by atoms with Gasteiger partial charge in [-0.1, -0.05) is 89.3 Å². The molecule has 0 aliphatic carbocycles. The van der Waals surface area contributed by atoms with Crippen LogP contribution in [0.1, 0.15) is 77.6 Å². The minimum atomic E-state index is -0.396. The number of hydrogen-bond donors (Lipinski definition) is 1. The molecule has 1 aromatic rings. The van der Waals surface area contributed by atoms with Crippen molar-refractivity contribution in [2.45, 2.75) is 83.7 Å². The Morgan fingerprint density at radius 2 is 1.43 bits per heavy atom. The van der Waals surface area contributed by atoms with Crippen LogP contribution in [0.3, 0.4) is 0 Å². The second kappa shape index (κ2) is 14.3. The van der Waals surface area contributed by atoms with Gasteiger partial charge in [0.2, 0.25) is 0 Å². The summed E-state index contributed by atoms with van der Waals surface area (Å²) in [5, 5.41) is 9.88. The highest BCUT2D eigenvalue weighted by atomic mass is 16.5. The van der Waals surface area contributed by atoms with E-state index in [4.69, 9.17) is 4.74 Å². The summed E-state index contributed by atoms with van der Waals surface area (Å²) in [4.78, 5) is 0. The molecule has 130 valence electrons. The average Bonchev–Trinajstić information content (AvgIpc) is 2.57. The van der Waals surface area contributed by atoms with Crippen molar-refractivity contribution in [3.8, 4) is 5.75 Å². The van der Waals surface area contributed by atoms with E-state index < -0.39 is 6.10 Å². The average molecular weight is 319 g/mol. The van der Waals surface area contributed by atoms with Gasteiger partial charge in [-0.3, -0.25) is 0 Å². The summed E-state index contributed by atoms with van der Waals surface area (Å²) in [7, 11) is 0. The molecule has 1 N–H and O–H groups in total. The monoisotopic (exact) mass is 318 g/mol. The Morgan fingerprint density at radius 1 is 0.870 bits per heavy atom. The Labute approximate surface area is 142 Å². The normalized spacial score (nSPS) is 12.6. The van der Waals surface area contributed by atoms with Gasteiger partial charge in [0.25, 0.3) is 0 Å². The maximum atomic E-state index is 9.88.